The lowest BCUT2D eigenvalue weighted by Crippen LogP contribution is -2.44. The molecular weight excluding hydrogens is 447 g/mol. The third kappa shape index (κ3) is 3.11. The van der Waals surface area contributed by atoms with Gasteiger partial charge in [-0.3, -0.25) is 14.4 Å². The number of nitrogens with zero attached hydrogens (tertiary/aromatic N) is 2. The molecule has 0 aliphatic carbocycles. The maximum Gasteiger partial charge on any atom is 0.240 e. The molecule has 3 aliphatic heterocycles. The number of anilines is 1. The third-order valence-electron chi connectivity index (χ3n) is 7.19. The van der Waals surface area contributed by atoms with Crippen molar-refractivity contribution in [3.63, 3.8) is 0 Å². The lowest BCUT2D eigenvalue weighted by molar-refractivity contribution is -0.123. The molecule has 3 aromatic carbocycles. The van der Waals surface area contributed by atoms with Crippen LogP contribution in [0.2, 0.25) is 0 Å². The first kappa shape index (κ1) is 21.3. The van der Waals surface area contributed by atoms with Crippen molar-refractivity contribution < 1.29 is 23.5 Å². The predicted octanol–water partition coefficient (Wildman–Crippen LogP) is 4.23. The van der Waals surface area contributed by atoms with Gasteiger partial charge in [-0.1, -0.05) is 24.3 Å². The molecular formula is C28H21FN2O4. The van der Waals surface area contributed by atoms with Gasteiger partial charge in [-0.05, 0) is 65.7 Å². The zero-order chi connectivity index (χ0) is 24.3. The predicted molar refractivity (Wildman–Crippen MR) is 127 cm³/mol. The summed E-state index contributed by atoms with van der Waals surface area (Å²) in [5.41, 5.74) is 2.59. The number of benzene rings is 3. The van der Waals surface area contributed by atoms with Gasteiger partial charge in [0.1, 0.15) is 17.6 Å². The van der Waals surface area contributed by atoms with Crippen LogP contribution in [0.5, 0.6) is 5.75 Å². The number of halogens is 1. The Bertz CT molecular complexity index is 1380. The fourth-order valence-corrected chi connectivity index (χ4v) is 5.63. The highest BCUT2D eigenvalue weighted by Gasteiger charge is 2.64. The average Bonchev–Trinajstić information content (AvgIpc) is 3.37. The van der Waals surface area contributed by atoms with Gasteiger partial charge in [-0.25, -0.2) is 9.29 Å². The highest BCUT2D eigenvalue weighted by molar-refractivity contribution is 6.24. The molecule has 6 nitrogen and oxygen atoms in total. The number of carbonyl (C=O) groups excluding carboxylic acids is 3. The van der Waals surface area contributed by atoms with E-state index in [-0.39, 0.29) is 11.7 Å². The summed E-state index contributed by atoms with van der Waals surface area (Å²) < 4.78 is 18.7. The first-order chi connectivity index (χ1) is 17.0. The number of ketones is 1. The molecule has 0 saturated carbocycles. The van der Waals surface area contributed by atoms with Crippen molar-refractivity contribution >= 4 is 29.4 Å². The number of hydrogen-bond acceptors (Lipinski definition) is 5. The van der Waals surface area contributed by atoms with Crippen molar-refractivity contribution in [2.75, 3.05) is 12.0 Å². The molecule has 2 amide bonds. The topological polar surface area (TPSA) is 66.9 Å². The van der Waals surface area contributed by atoms with Gasteiger partial charge in [-0.15, -0.1) is 0 Å². The van der Waals surface area contributed by atoms with Crippen LogP contribution in [-0.2, 0) is 9.59 Å². The second-order valence-corrected chi connectivity index (χ2v) is 8.91. The van der Waals surface area contributed by atoms with Crippen LogP contribution in [0.4, 0.5) is 10.1 Å². The van der Waals surface area contributed by atoms with Crippen molar-refractivity contribution in [3.8, 4) is 5.75 Å². The molecule has 2 fully saturated rings. The van der Waals surface area contributed by atoms with Crippen molar-refractivity contribution in [1.82, 2.24) is 4.90 Å². The van der Waals surface area contributed by atoms with Gasteiger partial charge < -0.3 is 9.64 Å². The first-order valence-corrected chi connectivity index (χ1v) is 11.4. The Kier molecular flexibility index (Phi) is 4.81. The summed E-state index contributed by atoms with van der Waals surface area (Å²) in [5, 5.41) is 0. The van der Waals surface area contributed by atoms with E-state index in [2.05, 4.69) is 0 Å². The van der Waals surface area contributed by atoms with Crippen molar-refractivity contribution in [1.29, 1.82) is 0 Å². The van der Waals surface area contributed by atoms with Gasteiger partial charge >= 0.3 is 0 Å². The maximum atomic E-state index is 13.8. The number of hydrogen-bond donors (Lipinski definition) is 0. The minimum atomic E-state index is -0.872. The fourth-order valence-electron chi connectivity index (χ4n) is 5.63. The average molecular weight is 468 g/mol. The number of imide groups is 1. The van der Waals surface area contributed by atoms with Gasteiger partial charge in [0.15, 0.2) is 5.78 Å². The number of carbonyl (C=O) groups is 3. The van der Waals surface area contributed by atoms with E-state index in [1.807, 2.05) is 41.4 Å². The summed E-state index contributed by atoms with van der Waals surface area (Å²) in [6.45, 7) is 0. The zero-order valence-corrected chi connectivity index (χ0v) is 18.8. The molecule has 0 spiro atoms. The molecule has 0 radical (unpaired) electrons. The molecule has 4 atom stereocenters. The van der Waals surface area contributed by atoms with Gasteiger partial charge in [0.05, 0.1) is 30.7 Å². The van der Waals surface area contributed by atoms with Gasteiger partial charge in [0, 0.05) is 11.8 Å². The molecule has 0 bridgehead atoms. The highest BCUT2D eigenvalue weighted by Crippen LogP contribution is 2.53. The van der Waals surface area contributed by atoms with Crippen LogP contribution in [0.1, 0.15) is 27.5 Å². The molecule has 2 saturated heterocycles. The summed E-state index contributed by atoms with van der Waals surface area (Å²) in [7, 11) is 1.55. The molecule has 0 unspecified atom stereocenters. The summed E-state index contributed by atoms with van der Waals surface area (Å²) in [4.78, 5) is 44.4. The van der Waals surface area contributed by atoms with E-state index in [1.165, 1.54) is 24.3 Å². The molecule has 35 heavy (non-hydrogen) atoms. The molecule has 3 heterocycles. The molecule has 7 heteroatoms. The van der Waals surface area contributed by atoms with Crippen LogP contribution < -0.4 is 9.64 Å². The lowest BCUT2D eigenvalue weighted by atomic mass is 9.83. The molecule has 174 valence electrons. The Labute approximate surface area is 201 Å². The number of fused-ring (bicyclic) bond motifs is 5. The van der Waals surface area contributed by atoms with Crippen LogP contribution in [0, 0.1) is 17.7 Å². The van der Waals surface area contributed by atoms with Crippen molar-refractivity contribution in [2.24, 2.45) is 11.8 Å². The minimum Gasteiger partial charge on any atom is -0.497 e. The minimum absolute atomic E-state index is 0.240. The largest absolute Gasteiger partial charge is 0.497 e. The maximum absolute atomic E-state index is 13.8. The summed E-state index contributed by atoms with van der Waals surface area (Å²) in [5.74, 6) is -2.52. The van der Waals surface area contributed by atoms with E-state index >= 15 is 0 Å². The summed E-state index contributed by atoms with van der Waals surface area (Å²) >= 11 is 0. The molecule has 6 rings (SSSR count). The van der Waals surface area contributed by atoms with Gasteiger partial charge in [0.2, 0.25) is 11.8 Å². The normalized spacial score (nSPS) is 24.3. The van der Waals surface area contributed by atoms with Gasteiger partial charge in [0.25, 0.3) is 0 Å². The second kappa shape index (κ2) is 7.91. The number of ether oxygens (including phenoxy) is 1. The zero-order valence-electron chi connectivity index (χ0n) is 18.8. The van der Waals surface area contributed by atoms with Crippen LogP contribution in [-0.4, -0.2) is 35.6 Å². The number of amides is 2. The highest BCUT2D eigenvalue weighted by atomic mass is 19.1. The van der Waals surface area contributed by atoms with E-state index in [4.69, 9.17) is 4.74 Å². The quantitative estimate of drug-likeness (QED) is 0.424. The van der Waals surface area contributed by atoms with E-state index in [1.54, 1.807) is 31.4 Å². The van der Waals surface area contributed by atoms with Crippen LogP contribution in [0.15, 0.2) is 79.0 Å². The van der Waals surface area contributed by atoms with E-state index in [0.29, 0.717) is 17.0 Å². The smallest absolute Gasteiger partial charge is 0.240 e. The molecule has 3 aromatic rings. The van der Waals surface area contributed by atoms with Crippen LogP contribution in [0.25, 0.3) is 6.08 Å². The Morgan fingerprint density at radius 3 is 2.29 bits per heavy atom. The first-order valence-electron chi connectivity index (χ1n) is 11.4. The number of Topliss-reactive ketones (excluding diaryl/α,β-unsaturated/α-hetero) is 1. The monoisotopic (exact) mass is 468 g/mol. The Morgan fingerprint density at radius 1 is 0.886 bits per heavy atom. The summed E-state index contributed by atoms with van der Waals surface area (Å²) in [6, 6.07) is 18.4. The second-order valence-electron chi connectivity index (χ2n) is 8.91. The Morgan fingerprint density at radius 2 is 1.57 bits per heavy atom. The standard InChI is InChI=1S/C28H21FN2O4/c1-35-20-12-6-17(7-13-20)26(32)25-23-22(24-21-5-3-2-4-16(21)14-15-30(24)25)27(33)31(28(23)34)19-10-8-18(29)9-11-19/h2-15,22-25H,1H3/t22-,23+,24+,25-/m0/s1. The Hall–Kier alpha value is -4.26. The fraction of sp³-hybridized carbons (Fsp3) is 0.179. The number of methoxy groups -OCH3 is 1. The summed E-state index contributed by atoms with van der Waals surface area (Å²) in [6.07, 6.45) is 3.73. The van der Waals surface area contributed by atoms with Gasteiger partial charge in [-0.2, -0.15) is 0 Å². The van der Waals surface area contributed by atoms with E-state index < -0.39 is 35.6 Å². The molecule has 0 N–H and O–H groups in total. The van der Waals surface area contributed by atoms with Crippen molar-refractivity contribution in [3.05, 3.63) is 102 Å². The lowest BCUT2D eigenvalue weighted by Gasteiger charge is -2.35. The molecule has 3 aliphatic rings. The Balaban J connectivity index is 1.47. The SMILES string of the molecule is COc1ccc(C(=O)[C@@H]2[C@@H]3C(=O)N(c4ccc(F)cc4)C(=O)[C@@H]3[C@H]3c4ccccc4C=CN23)cc1. The van der Waals surface area contributed by atoms with Crippen LogP contribution in [0.3, 0.4) is 0 Å². The van der Waals surface area contributed by atoms with Crippen molar-refractivity contribution in [2.45, 2.75) is 12.1 Å². The number of rotatable bonds is 4. The van der Waals surface area contributed by atoms with E-state index in [9.17, 15) is 18.8 Å². The third-order valence-corrected chi connectivity index (χ3v) is 7.19. The van der Waals surface area contributed by atoms with Crippen LogP contribution >= 0.6 is 0 Å². The van der Waals surface area contributed by atoms with E-state index in [0.717, 1.165) is 16.0 Å². The molecule has 0 aromatic heterocycles.